The molecule has 10 nitrogen and oxygen atoms in total. The summed E-state index contributed by atoms with van der Waals surface area (Å²) in [6.07, 6.45) is 2.84. The number of benzene rings is 2. The number of fused-ring (bicyclic) bond motifs is 2. The van der Waals surface area contributed by atoms with Crippen molar-refractivity contribution in [3.63, 3.8) is 0 Å². The van der Waals surface area contributed by atoms with Crippen molar-refractivity contribution in [2.24, 2.45) is 5.84 Å². The van der Waals surface area contributed by atoms with E-state index in [0.29, 0.717) is 10.0 Å². The number of nitrogens with two attached hydrogens (primary N) is 1. The van der Waals surface area contributed by atoms with Crippen molar-refractivity contribution in [3.8, 4) is 0 Å². The van der Waals surface area contributed by atoms with Gasteiger partial charge in [0, 0.05) is 30.3 Å². The van der Waals surface area contributed by atoms with E-state index in [0.717, 1.165) is 40.1 Å². The van der Waals surface area contributed by atoms with Gasteiger partial charge in [0.2, 0.25) is 11.8 Å². The van der Waals surface area contributed by atoms with Gasteiger partial charge in [0.25, 0.3) is 0 Å². The molecule has 0 aliphatic carbocycles. The number of carbonyl (C=O) groups is 3. The average Bonchev–Trinajstić information content (AvgIpc) is 2.86. The number of hydrazine groups is 2. The van der Waals surface area contributed by atoms with Crippen LogP contribution in [0.5, 0.6) is 0 Å². The van der Waals surface area contributed by atoms with Gasteiger partial charge < -0.3 is 4.74 Å². The quantitative estimate of drug-likeness (QED) is 0.0822. The van der Waals surface area contributed by atoms with Gasteiger partial charge in [-0.3, -0.25) is 30.4 Å². The average molecular weight is 839 g/mol. The topological polar surface area (TPSA) is 148 Å². The van der Waals surface area contributed by atoms with E-state index in [2.05, 4.69) is 71.4 Å². The fourth-order valence-corrected chi connectivity index (χ4v) is 5.60. The lowest BCUT2D eigenvalue weighted by Crippen LogP contribution is -2.44. The highest BCUT2D eigenvalue weighted by Crippen LogP contribution is 2.25. The zero-order valence-electron chi connectivity index (χ0n) is 22.1. The summed E-state index contributed by atoms with van der Waals surface area (Å²) in [5.74, 6) is 4.48. The van der Waals surface area contributed by atoms with Crippen LogP contribution in [0.25, 0.3) is 21.8 Å². The van der Waals surface area contributed by atoms with Crippen molar-refractivity contribution in [1.29, 1.82) is 0 Å². The normalized spacial score (nSPS) is 10.7. The molecule has 4 aromatic rings. The number of hydrogen-bond donors (Lipinski definition) is 4. The van der Waals surface area contributed by atoms with E-state index in [4.69, 9.17) is 33.8 Å². The molecule has 3 amide bonds. The number of ether oxygens (including phenoxy) is 1. The van der Waals surface area contributed by atoms with Crippen LogP contribution in [0.4, 0.5) is 4.79 Å². The molecule has 224 valence electrons. The fourth-order valence-electron chi connectivity index (χ4n) is 3.57. The number of hydrogen-bond acceptors (Lipinski definition) is 7. The zero-order chi connectivity index (χ0) is 30.3. The first-order valence-electron chi connectivity index (χ1n) is 12.0. The van der Waals surface area contributed by atoms with E-state index >= 15 is 0 Å². The fraction of sp³-hybridized carbons (Fsp3) is 0.250. The Hall–Kier alpha value is -2.53. The molecule has 5 N–H and O–H groups in total. The molecule has 0 bridgehead atoms. The lowest BCUT2D eigenvalue weighted by atomic mass is 10.1. The van der Waals surface area contributed by atoms with Crippen molar-refractivity contribution in [2.45, 2.75) is 46.6 Å². The predicted molar refractivity (Wildman–Crippen MR) is 183 cm³/mol. The number of pyridine rings is 2. The van der Waals surface area contributed by atoms with Gasteiger partial charge >= 0.3 is 6.09 Å². The third-order valence-electron chi connectivity index (χ3n) is 5.12. The summed E-state index contributed by atoms with van der Waals surface area (Å²) in [6.45, 7) is 5.22. The van der Waals surface area contributed by atoms with Gasteiger partial charge in [-0.05, 0) is 113 Å². The Morgan fingerprint density at radius 1 is 0.810 bits per heavy atom. The Morgan fingerprint density at radius 3 is 1.69 bits per heavy atom. The van der Waals surface area contributed by atoms with E-state index in [-0.39, 0.29) is 32.1 Å². The molecule has 42 heavy (non-hydrogen) atoms. The smallest absolute Gasteiger partial charge is 0.426 e. The molecule has 2 heterocycles. The van der Waals surface area contributed by atoms with Gasteiger partial charge in [0.1, 0.15) is 5.60 Å². The minimum absolute atomic E-state index is 0. The van der Waals surface area contributed by atoms with Crippen molar-refractivity contribution < 1.29 is 19.1 Å². The number of nitrogens with zero attached hydrogens (tertiary/aromatic N) is 2. The van der Waals surface area contributed by atoms with Crippen LogP contribution in [0.1, 0.15) is 39.3 Å². The molecule has 0 spiro atoms. The van der Waals surface area contributed by atoms with Gasteiger partial charge in [-0.25, -0.2) is 16.1 Å². The van der Waals surface area contributed by atoms with E-state index < -0.39 is 11.7 Å². The van der Waals surface area contributed by atoms with Crippen LogP contribution in [0, 0.1) is 7.14 Å². The van der Waals surface area contributed by atoms with Crippen LogP contribution >= 0.6 is 68.4 Å². The van der Waals surface area contributed by atoms with Gasteiger partial charge in [0.15, 0.2) is 0 Å². The highest BCUT2D eigenvalue weighted by molar-refractivity contribution is 14.1. The monoisotopic (exact) mass is 838 g/mol. The largest absolute Gasteiger partial charge is 0.443 e. The molecule has 0 atom stereocenters. The summed E-state index contributed by atoms with van der Waals surface area (Å²) in [6, 6.07) is 11.2. The maximum Gasteiger partial charge on any atom is 0.426 e. The molecule has 0 saturated carbocycles. The van der Waals surface area contributed by atoms with Gasteiger partial charge in [-0.2, -0.15) is 0 Å². The number of aromatic nitrogens is 2. The molecule has 0 saturated heterocycles. The Labute approximate surface area is 281 Å². The summed E-state index contributed by atoms with van der Waals surface area (Å²) < 4.78 is 6.94. The highest BCUT2D eigenvalue weighted by atomic mass is 127. The van der Waals surface area contributed by atoms with Crippen LogP contribution < -0.4 is 22.1 Å². The maximum absolute atomic E-state index is 12.0. The Bertz CT molecular complexity index is 1620. The lowest BCUT2D eigenvalue weighted by Gasteiger charge is -2.19. The van der Waals surface area contributed by atoms with E-state index in [1.165, 1.54) is 0 Å². The van der Waals surface area contributed by atoms with E-state index in [1.54, 1.807) is 39.2 Å². The van der Waals surface area contributed by atoms with Crippen LogP contribution in [0.15, 0.2) is 48.8 Å². The van der Waals surface area contributed by atoms with Crippen LogP contribution in [-0.4, -0.2) is 33.5 Å². The molecule has 2 aromatic carbocycles. The number of rotatable bonds is 4. The number of nitrogens with one attached hydrogen (secondary N) is 3. The second-order valence-corrected chi connectivity index (χ2v) is 12.9. The predicted octanol–water partition coefficient (Wildman–Crippen LogP) is 6.25. The van der Waals surface area contributed by atoms with Gasteiger partial charge in [-0.1, -0.05) is 30.6 Å². The van der Waals surface area contributed by atoms with E-state index in [1.807, 2.05) is 30.3 Å². The van der Waals surface area contributed by atoms with Crippen molar-refractivity contribution in [1.82, 2.24) is 26.2 Å². The summed E-state index contributed by atoms with van der Waals surface area (Å²) in [5, 5.41) is 2.89. The second-order valence-electron chi connectivity index (χ2n) is 9.70. The molecule has 14 heteroatoms. The minimum atomic E-state index is -0.708. The third kappa shape index (κ3) is 10.9. The first kappa shape index (κ1) is 35.7. The molecule has 0 aliphatic heterocycles. The molecule has 0 radical (unpaired) electrons. The van der Waals surface area contributed by atoms with Crippen molar-refractivity contribution in [3.05, 3.63) is 77.1 Å². The first-order chi connectivity index (χ1) is 19.2. The minimum Gasteiger partial charge on any atom is -0.443 e. The zero-order valence-corrected chi connectivity index (χ0v) is 28.0. The van der Waals surface area contributed by atoms with Crippen LogP contribution in [0.3, 0.4) is 0 Å². The summed E-state index contributed by atoms with van der Waals surface area (Å²) in [5.41, 5.74) is 9.41. The Kier molecular flexibility index (Phi) is 13.4. The molecule has 0 unspecified atom stereocenters. The lowest BCUT2D eigenvalue weighted by molar-refractivity contribution is -0.121. The molecule has 0 fully saturated rings. The van der Waals surface area contributed by atoms with Gasteiger partial charge in [0.05, 0.1) is 33.9 Å². The van der Waals surface area contributed by atoms with E-state index in [9.17, 15) is 14.4 Å². The number of carbonyl (C=O) groups excluding carboxylic acids is 3. The number of amides is 3. The molecule has 0 aliphatic rings. The van der Waals surface area contributed by atoms with Crippen LogP contribution in [-0.2, 0) is 27.2 Å². The molecular formula is C28H30Cl2I2N6O4. The standard InChI is InChI=1S/C16H17ClIN3O3.C11H9ClIN3O.CH4/c1-16(2,3)24-15(23)21-20-13(22)6-9-4-10-7-11(17)8-19-14(10)12(18)5-9;12-8-4-7-1-6(3-10(17)16-14)2-9(13)11(7)15-5-8;/h4-5,7-8H,6H2,1-3H3,(H,20,22)(H,21,23);1-2,4-5H,3,14H2,(H,16,17);1H4. The maximum atomic E-state index is 12.0. The first-order valence-corrected chi connectivity index (χ1v) is 14.9. The third-order valence-corrected chi connectivity index (χ3v) is 7.18. The van der Waals surface area contributed by atoms with Crippen molar-refractivity contribution >= 4 is 108 Å². The molecular weight excluding hydrogens is 809 g/mol. The second kappa shape index (κ2) is 15.8. The highest BCUT2D eigenvalue weighted by Gasteiger charge is 2.17. The summed E-state index contributed by atoms with van der Waals surface area (Å²) in [4.78, 5) is 43.2. The van der Waals surface area contributed by atoms with Crippen molar-refractivity contribution in [2.75, 3.05) is 0 Å². The summed E-state index contributed by atoms with van der Waals surface area (Å²) >= 11 is 16.2. The Balaban J connectivity index is 0.000000302. The summed E-state index contributed by atoms with van der Waals surface area (Å²) in [7, 11) is 0. The SMILES string of the molecule is C.CC(C)(C)OC(=O)NNC(=O)Cc1cc(I)c2ncc(Cl)cc2c1.NNC(=O)Cc1cc(I)c2ncc(Cl)cc2c1. The van der Waals surface area contributed by atoms with Crippen LogP contribution in [0.2, 0.25) is 10.0 Å². The molecule has 2 aromatic heterocycles. The number of halogens is 4. The van der Waals surface area contributed by atoms with Gasteiger partial charge in [-0.15, -0.1) is 0 Å². The Morgan fingerprint density at radius 2 is 1.26 bits per heavy atom. The molecule has 4 rings (SSSR count).